The van der Waals surface area contributed by atoms with Gasteiger partial charge in [0, 0.05) is 43.9 Å². The quantitative estimate of drug-likeness (QED) is 0.170. The number of amides is 3. The fourth-order valence-electron chi connectivity index (χ4n) is 6.57. The van der Waals surface area contributed by atoms with E-state index in [-0.39, 0.29) is 24.8 Å². The summed E-state index contributed by atoms with van der Waals surface area (Å²) in [7, 11) is -3.60. The number of aliphatic hydroxyl groups excluding tert-OH is 1. The average molecular weight is 630 g/mol. The normalized spacial score (nSPS) is 23.2. The van der Waals surface area contributed by atoms with E-state index in [9.17, 15) is 27.9 Å². The summed E-state index contributed by atoms with van der Waals surface area (Å²) < 4.78 is 25.2. The van der Waals surface area contributed by atoms with Crippen molar-refractivity contribution in [1.29, 1.82) is 0 Å². The molecule has 0 aromatic carbocycles. The van der Waals surface area contributed by atoms with Gasteiger partial charge in [0.2, 0.25) is 27.7 Å². The van der Waals surface area contributed by atoms with Gasteiger partial charge in [-0.15, -0.1) is 4.83 Å². The number of carbonyl (C=O) groups is 3. The minimum absolute atomic E-state index is 0.0239. The van der Waals surface area contributed by atoms with E-state index in [2.05, 4.69) is 10.1 Å². The molecular formula is C31H59N5O6S. The summed E-state index contributed by atoms with van der Waals surface area (Å²) in [5.41, 5.74) is 5.72. The monoisotopic (exact) mass is 629 g/mol. The number of nitrogens with zero attached hydrogens (tertiary/aromatic N) is 2. The zero-order valence-corrected chi connectivity index (χ0v) is 28.0. The van der Waals surface area contributed by atoms with E-state index in [0.29, 0.717) is 51.2 Å². The molecule has 0 bridgehead atoms. The molecule has 3 amide bonds. The Bertz CT molecular complexity index is 981. The van der Waals surface area contributed by atoms with Crippen LogP contribution in [0.25, 0.3) is 0 Å². The standard InChI is InChI=1S/C31H59N5O6S/c1-6-14-35(15-7-2)31(40)26-19-24(29(32)38)18-25(20-26)30(39)33-27(17-23-12-10-9-11-13-23)28(37)21-36(16-8-3)34-43(41,42)22(4)5/h22-28,34,37H,6-21H2,1-5H3,(H2,32,38)(H,33,39). The van der Waals surface area contributed by atoms with Crippen LogP contribution in [-0.2, 0) is 24.4 Å². The second-order valence-corrected chi connectivity index (χ2v) is 15.3. The zero-order valence-electron chi connectivity index (χ0n) is 27.2. The lowest BCUT2D eigenvalue weighted by atomic mass is 9.73. The molecule has 0 saturated heterocycles. The van der Waals surface area contributed by atoms with Gasteiger partial charge in [0.05, 0.1) is 17.4 Å². The first-order valence-corrected chi connectivity index (χ1v) is 18.2. The Kier molecular flexibility index (Phi) is 15.9. The van der Waals surface area contributed by atoms with Gasteiger partial charge in [-0.2, -0.15) is 0 Å². The van der Waals surface area contributed by atoms with Gasteiger partial charge in [0.15, 0.2) is 0 Å². The minimum atomic E-state index is -3.60. The molecular weight excluding hydrogens is 570 g/mol. The van der Waals surface area contributed by atoms with Crippen molar-refractivity contribution in [1.82, 2.24) is 20.1 Å². The van der Waals surface area contributed by atoms with E-state index in [4.69, 9.17) is 5.73 Å². The molecule has 11 nitrogen and oxygen atoms in total. The molecule has 43 heavy (non-hydrogen) atoms. The predicted molar refractivity (Wildman–Crippen MR) is 169 cm³/mol. The summed E-state index contributed by atoms with van der Waals surface area (Å²) in [5, 5.41) is 15.5. The van der Waals surface area contributed by atoms with Gasteiger partial charge < -0.3 is 21.1 Å². The molecule has 5 atom stereocenters. The lowest BCUT2D eigenvalue weighted by Crippen LogP contribution is -2.55. The highest BCUT2D eigenvalue weighted by atomic mass is 32.2. The minimum Gasteiger partial charge on any atom is -0.390 e. The van der Waals surface area contributed by atoms with Crippen LogP contribution in [0.15, 0.2) is 0 Å². The summed E-state index contributed by atoms with van der Waals surface area (Å²) >= 11 is 0. The first kappa shape index (κ1) is 37.4. The van der Waals surface area contributed by atoms with Crippen LogP contribution in [0.4, 0.5) is 0 Å². The Morgan fingerprint density at radius 2 is 1.44 bits per heavy atom. The Balaban J connectivity index is 2.25. The van der Waals surface area contributed by atoms with Crippen molar-refractivity contribution in [2.24, 2.45) is 29.4 Å². The SMILES string of the molecule is CCCN(CC(O)C(CC1CCCCC1)NC(=O)C1CC(C(N)=O)CC(C(=O)N(CCC)CCC)C1)NS(=O)(=O)C(C)C. The van der Waals surface area contributed by atoms with E-state index in [1.54, 1.807) is 13.8 Å². The first-order chi connectivity index (χ1) is 20.3. The van der Waals surface area contributed by atoms with Crippen LogP contribution in [0.2, 0.25) is 0 Å². The summed E-state index contributed by atoms with van der Waals surface area (Å²) in [6.45, 7) is 10.9. The zero-order chi connectivity index (χ0) is 32.2. The van der Waals surface area contributed by atoms with Crippen LogP contribution in [0.1, 0.15) is 112 Å². The molecule has 2 aliphatic rings. The van der Waals surface area contributed by atoms with Gasteiger partial charge in [-0.3, -0.25) is 14.4 Å². The average Bonchev–Trinajstić information content (AvgIpc) is 2.96. The van der Waals surface area contributed by atoms with Crippen molar-refractivity contribution in [3.8, 4) is 0 Å². The maximum Gasteiger partial charge on any atom is 0.226 e. The number of aliphatic hydroxyl groups is 1. The molecule has 2 saturated carbocycles. The Morgan fingerprint density at radius 1 is 0.884 bits per heavy atom. The van der Waals surface area contributed by atoms with E-state index in [1.165, 1.54) is 11.4 Å². The van der Waals surface area contributed by atoms with Crippen molar-refractivity contribution in [2.45, 2.75) is 129 Å². The fourth-order valence-corrected chi connectivity index (χ4v) is 7.31. The van der Waals surface area contributed by atoms with Gasteiger partial charge in [0.25, 0.3) is 0 Å². The lowest BCUT2D eigenvalue weighted by molar-refractivity contribution is -0.141. The molecule has 2 fully saturated rings. The molecule has 5 N–H and O–H groups in total. The molecule has 0 aliphatic heterocycles. The number of sulfonamides is 1. The molecule has 250 valence electrons. The van der Waals surface area contributed by atoms with Crippen molar-refractivity contribution in [3.05, 3.63) is 0 Å². The number of hydrogen-bond donors (Lipinski definition) is 4. The Hall–Kier alpha value is -1.76. The molecule has 0 spiro atoms. The Labute approximate surface area is 260 Å². The van der Waals surface area contributed by atoms with Crippen LogP contribution in [0, 0.1) is 23.7 Å². The summed E-state index contributed by atoms with van der Waals surface area (Å²) in [5.74, 6) is -2.10. The first-order valence-electron chi connectivity index (χ1n) is 16.6. The number of primary amides is 1. The third-order valence-corrected chi connectivity index (χ3v) is 10.8. The molecule has 0 heterocycles. The maximum absolute atomic E-state index is 13.8. The molecule has 2 rings (SSSR count). The van der Waals surface area contributed by atoms with Gasteiger partial charge in [0.1, 0.15) is 0 Å². The third kappa shape index (κ3) is 11.9. The van der Waals surface area contributed by atoms with Gasteiger partial charge >= 0.3 is 0 Å². The molecule has 0 radical (unpaired) electrons. The van der Waals surface area contributed by atoms with Crippen molar-refractivity contribution in [3.63, 3.8) is 0 Å². The van der Waals surface area contributed by atoms with Crippen molar-refractivity contribution in [2.75, 3.05) is 26.2 Å². The third-order valence-electron chi connectivity index (χ3n) is 9.01. The second kappa shape index (κ2) is 18.3. The van der Waals surface area contributed by atoms with Crippen LogP contribution in [0.5, 0.6) is 0 Å². The van der Waals surface area contributed by atoms with Crippen molar-refractivity contribution < 1.29 is 27.9 Å². The summed E-state index contributed by atoms with van der Waals surface area (Å²) in [6.07, 6.45) is 8.26. The van der Waals surface area contributed by atoms with E-state index >= 15 is 0 Å². The van der Waals surface area contributed by atoms with Crippen LogP contribution in [-0.4, -0.2) is 84.7 Å². The Morgan fingerprint density at radius 3 is 1.98 bits per heavy atom. The highest BCUT2D eigenvalue weighted by molar-refractivity contribution is 7.90. The van der Waals surface area contributed by atoms with Gasteiger partial charge in [-0.25, -0.2) is 13.4 Å². The summed E-state index contributed by atoms with van der Waals surface area (Å²) in [4.78, 5) is 44.1. The number of nitrogens with one attached hydrogen (secondary N) is 2. The molecule has 0 aromatic heterocycles. The second-order valence-electron chi connectivity index (χ2n) is 13.1. The highest BCUT2D eigenvalue weighted by Crippen LogP contribution is 2.35. The molecule has 5 unspecified atom stereocenters. The van der Waals surface area contributed by atoms with Crippen LogP contribution < -0.4 is 15.9 Å². The van der Waals surface area contributed by atoms with Crippen molar-refractivity contribution >= 4 is 27.7 Å². The van der Waals surface area contributed by atoms with E-state index < -0.39 is 51.1 Å². The number of nitrogens with two attached hydrogens (primary N) is 1. The molecule has 2 aliphatic carbocycles. The molecule has 0 aromatic rings. The smallest absolute Gasteiger partial charge is 0.226 e. The number of carbonyl (C=O) groups excluding carboxylic acids is 3. The number of hydrazine groups is 1. The predicted octanol–water partition coefficient (Wildman–Crippen LogP) is 2.92. The van der Waals surface area contributed by atoms with Crippen LogP contribution in [0.3, 0.4) is 0 Å². The lowest BCUT2D eigenvalue weighted by Gasteiger charge is -2.37. The van der Waals surface area contributed by atoms with E-state index in [0.717, 1.165) is 38.5 Å². The van der Waals surface area contributed by atoms with E-state index in [1.807, 2.05) is 25.7 Å². The molecule has 12 heteroatoms. The topological polar surface area (TPSA) is 162 Å². The van der Waals surface area contributed by atoms with Gasteiger partial charge in [-0.05, 0) is 64.7 Å². The largest absolute Gasteiger partial charge is 0.390 e. The number of hydrogen-bond acceptors (Lipinski definition) is 7. The fraction of sp³-hybridized carbons (Fsp3) is 0.903. The highest BCUT2D eigenvalue weighted by Gasteiger charge is 2.40. The van der Waals surface area contributed by atoms with Crippen LogP contribution >= 0.6 is 0 Å². The summed E-state index contributed by atoms with van der Waals surface area (Å²) in [6, 6.07) is -0.599. The van der Waals surface area contributed by atoms with Gasteiger partial charge in [-0.1, -0.05) is 52.9 Å². The number of rotatable bonds is 18. The maximum atomic E-state index is 13.8.